The van der Waals surface area contributed by atoms with Crippen molar-refractivity contribution in [3.05, 3.63) is 83.4 Å². The fourth-order valence-electron chi connectivity index (χ4n) is 4.68. The summed E-state index contributed by atoms with van der Waals surface area (Å²) in [6.45, 7) is 4.13. The van der Waals surface area contributed by atoms with E-state index < -0.39 is 29.8 Å². The van der Waals surface area contributed by atoms with Crippen LogP contribution in [0, 0.1) is 0 Å². The molecule has 1 aliphatic rings. The number of benzene rings is 3. The predicted octanol–water partition coefficient (Wildman–Crippen LogP) is 4.59. The standard InChI is InChI=1S/C32H33N3O8S/c1-5-42-30(38)21-8-12-23(13-9-21)33-28(36)18-25-29(37)35(24-14-10-22(11-15-24)31(39)43-6-2)32(44)34(25)19-20-7-16-26(40-3)27(17-20)41-4/h7-17,25H,5-6,18-19H2,1-4H3,(H,33,36). The second-order valence-corrected chi connectivity index (χ2v) is 9.97. The second kappa shape index (κ2) is 14.5. The molecule has 3 aromatic rings. The summed E-state index contributed by atoms with van der Waals surface area (Å²) in [6, 6.07) is 17.0. The largest absolute Gasteiger partial charge is 0.493 e. The normalized spacial score (nSPS) is 14.3. The molecule has 0 radical (unpaired) electrons. The molecule has 1 atom stereocenters. The molecular formula is C32H33N3O8S. The van der Waals surface area contributed by atoms with E-state index >= 15 is 0 Å². The Kier molecular flexibility index (Phi) is 10.5. The number of carbonyl (C=O) groups excluding carboxylic acids is 4. The van der Waals surface area contributed by atoms with Gasteiger partial charge in [0.25, 0.3) is 5.91 Å². The summed E-state index contributed by atoms with van der Waals surface area (Å²) >= 11 is 5.78. The Balaban J connectivity index is 1.59. The molecule has 0 bridgehead atoms. The molecule has 11 nitrogen and oxygen atoms in total. The van der Waals surface area contributed by atoms with Gasteiger partial charge in [-0.3, -0.25) is 14.5 Å². The van der Waals surface area contributed by atoms with E-state index in [2.05, 4.69) is 5.32 Å². The predicted molar refractivity (Wildman–Crippen MR) is 167 cm³/mol. The summed E-state index contributed by atoms with van der Waals surface area (Å²) in [6.07, 6.45) is -0.205. The molecular weight excluding hydrogens is 586 g/mol. The molecule has 1 unspecified atom stereocenters. The number of hydrogen-bond acceptors (Lipinski definition) is 9. The van der Waals surface area contributed by atoms with Crippen molar-refractivity contribution >= 4 is 52.5 Å². The zero-order valence-corrected chi connectivity index (χ0v) is 25.6. The Morgan fingerprint density at radius 3 is 1.93 bits per heavy atom. The molecule has 2 amide bonds. The van der Waals surface area contributed by atoms with Crippen LogP contribution in [0.1, 0.15) is 46.5 Å². The van der Waals surface area contributed by atoms with Crippen LogP contribution >= 0.6 is 12.2 Å². The lowest BCUT2D eigenvalue weighted by atomic mass is 10.1. The zero-order valence-electron chi connectivity index (χ0n) is 24.8. The maximum absolute atomic E-state index is 13.9. The molecule has 1 aliphatic heterocycles. The number of rotatable bonds is 12. The third-order valence-corrected chi connectivity index (χ3v) is 7.23. The van der Waals surface area contributed by atoms with Crippen molar-refractivity contribution in [2.45, 2.75) is 32.9 Å². The molecule has 4 rings (SSSR count). The van der Waals surface area contributed by atoms with Crippen LogP contribution in [0.3, 0.4) is 0 Å². The molecule has 0 spiro atoms. The molecule has 230 valence electrons. The van der Waals surface area contributed by atoms with Crippen LogP contribution in [0.4, 0.5) is 11.4 Å². The monoisotopic (exact) mass is 619 g/mol. The van der Waals surface area contributed by atoms with Crippen LogP contribution in [0.5, 0.6) is 11.5 Å². The van der Waals surface area contributed by atoms with Crippen LogP contribution in [0.25, 0.3) is 0 Å². The summed E-state index contributed by atoms with van der Waals surface area (Å²) < 4.78 is 20.8. The zero-order chi connectivity index (χ0) is 31.8. The third-order valence-electron chi connectivity index (χ3n) is 6.81. The number of nitrogens with one attached hydrogen (secondary N) is 1. The van der Waals surface area contributed by atoms with E-state index in [0.29, 0.717) is 34.0 Å². The van der Waals surface area contributed by atoms with Crippen molar-refractivity contribution < 1.29 is 38.1 Å². The number of ether oxygens (including phenoxy) is 4. The van der Waals surface area contributed by atoms with Crippen LogP contribution in [0.2, 0.25) is 0 Å². The number of nitrogens with zero attached hydrogens (tertiary/aromatic N) is 2. The van der Waals surface area contributed by atoms with E-state index in [1.807, 2.05) is 6.07 Å². The van der Waals surface area contributed by atoms with Crippen molar-refractivity contribution in [3.8, 4) is 11.5 Å². The Morgan fingerprint density at radius 1 is 0.818 bits per heavy atom. The molecule has 0 aliphatic carbocycles. The minimum absolute atomic E-state index is 0.199. The number of carbonyl (C=O) groups is 4. The van der Waals surface area contributed by atoms with Crippen molar-refractivity contribution in [1.82, 2.24) is 4.90 Å². The highest BCUT2D eigenvalue weighted by Crippen LogP contribution is 2.32. The number of anilines is 2. The highest BCUT2D eigenvalue weighted by Gasteiger charge is 2.44. The summed E-state index contributed by atoms with van der Waals surface area (Å²) in [7, 11) is 3.07. The Bertz CT molecular complexity index is 1540. The van der Waals surface area contributed by atoms with Gasteiger partial charge in [-0.15, -0.1) is 0 Å². The van der Waals surface area contributed by atoms with E-state index in [9.17, 15) is 19.2 Å². The lowest BCUT2D eigenvalue weighted by molar-refractivity contribution is -0.124. The summed E-state index contributed by atoms with van der Waals surface area (Å²) in [5, 5.41) is 2.99. The lowest BCUT2D eigenvalue weighted by Gasteiger charge is -2.24. The molecule has 1 N–H and O–H groups in total. The summed E-state index contributed by atoms with van der Waals surface area (Å²) in [5.41, 5.74) is 2.36. The van der Waals surface area contributed by atoms with Crippen molar-refractivity contribution in [2.24, 2.45) is 0 Å². The van der Waals surface area contributed by atoms with E-state index in [1.54, 1.807) is 79.4 Å². The van der Waals surface area contributed by atoms with Gasteiger partial charge in [-0.05, 0) is 92.3 Å². The quantitative estimate of drug-likeness (QED) is 0.228. The van der Waals surface area contributed by atoms with Gasteiger partial charge in [0, 0.05) is 12.2 Å². The van der Waals surface area contributed by atoms with Gasteiger partial charge in [0.1, 0.15) is 6.04 Å². The van der Waals surface area contributed by atoms with Gasteiger partial charge in [-0.1, -0.05) is 6.07 Å². The van der Waals surface area contributed by atoms with Crippen LogP contribution in [0.15, 0.2) is 66.7 Å². The highest BCUT2D eigenvalue weighted by atomic mass is 32.1. The fourth-order valence-corrected chi connectivity index (χ4v) is 5.07. The van der Waals surface area contributed by atoms with Gasteiger partial charge >= 0.3 is 11.9 Å². The first-order valence-corrected chi connectivity index (χ1v) is 14.3. The highest BCUT2D eigenvalue weighted by molar-refractivity contribution is 7.80. The first kappa shape index (κ1) is 32.0. The van der Waals surface area contributed by atoms with E-state index in [0.717, 1.165) is 5.56 Å². The Morgan fingerprint density at radius 2 is 1.39 bits per heavy atom. The molecule has 1 saturated heterocycles. The first-order chi connectivity index (χ1) is 21.2. The van der Waals surface area contributed by atoms with Crippen LogP contribution in [-0.2, 0) is 25.6 Å². The smallest absolute Gasteiger partial charge is 0.338 e. The van der Waals surface area contributed by atoms with Gasteiger partial charge in [0.2, 0.25) is 5.91 Å². The van der Waals surface area contributed by atoms with Gasteiger partial charge in [-0.25, -0.2) is 9.59 Å². The van der Waals surface area contributed by atoms with Gasteiger partial charge < -0.3 is 29.2 Å². The van der Waals surface area contributed by atoms with Gasteiger partial charge in [0.15, 0.2) is 16.6 Å². The van der Waals surface area contributed by atoms with Crippen LogP contribution < -0.4 is 19.7 Å². The maximum Gasteiger partial charge on any atom is 0.338 e. The number of thiocarbonyl (C=S) groups is 1. The molecule has 3 aromatic carbocycles. The Hall–Kier alpha value is -4.97. The molecule has 0 saturated carbocycles. The van der Waals surface area contributed by atoms with Crippen molar-refractivity contribution in [2.75, 3.05) is 37.7 Å². The first-order valence-electron chi connectivity index (χ1n) is 13.9. The van der Waals surface area contributed by atoms with Crippen molar-refractivity contribution in [3.63, 3.8) is 0 Å². The second-order valence-electron chi connectivity index (χ2n) is 9.61. The summed E-state index contributed by atoms with van der Waals surface area (Å²) in [4.78, 5) is 54.2. The number of amides is 2. The van der Waals surface area contributed by atoms with Crippen LogP contribution in [-0.4, -0.2) is 67.2 Å². The number of esters is 2. The maximum atomic E-state index is 13.9. The Labute approximate surface area is 260 Å². The average molecular weight is 620 g/mol. The number of hydrogen-bond donors (Lipinski definition) is 1. The van der Waals surface area contributed by atoms with Gasteiger partial charge in [0.05, 0.1) is 50.7 Å². The molecule has 12 heteroatoms. The summed E-state index contributed by atoms with van der Waals surface area (Å²) in [5.74, 6) is -0.706. The number of methoxy groups -OCH3 is 2. The van der Waals surface area contributed by atoms with E-state index in [4.69, 9.17) is 31.2 Å². The molecule has 0 aromatic heterocycles. The molecule has 1 heterocycles. The van der Waals surface area contributed by atoms with E-state index in [1.165, 1.54) is 19.1 Å². The lowest BCUT2D eigenvalue weighted by Crippen LogP contribution is -2.37. The average Bonchev–Trinajstić information content (AvgIpc) is 3.25. The van der Waals surface area contributed by atoms with Crippen molar-refractivity contribution in [1.29, 1.82) is 0 Å². The SMILES string of the molecule is CCOC(=O)c1ccc(NC(=O)CC2C(=O)N(c3ccc(C(=O)OCC)cc3)C(=S)N2Cc2ccc(OC)c(OC)c2)cc1. The minimum atomic E-state index is -0.931. The van der Waals surface area contributed by atoms with E-state index in [-0.39, 0.29) is 31.3 Å². The molecule has 44 heavy (non-hydrogen) atoms. The topological polar surface area (TPSA) is 124 Å². The van der Waals surface area contributed by atoms with Gasteiger partial charge in [-0.2, -0.15) is 0 Å². The molecule has 1 fully saturated rings. The third kappa shape index (κ3) is 7.14. The fraction of sp³-hybridized carbons (Fsp3) is 0.281. The minimum Gasteiger partial charge on any atom is -0.493 e.